The second-order valence-electron chi connectivity index (χ2n) is 6.37. The number of rotatable bonds is 3. The fraction of sp³-hybridized carbons (Fsp3) is 0.733. The number of likely N-dealkylation sites (tertiary alicyclic amines) is 1. The Morgan fingerprint density at radius 1 is 1.30 bits per heavy atom. The summed E-state index contributed by atoms with van der Waals surface area (Å²) in [6, 6.07) is 0. The Labute approximate surface area is 118 Å². The zero-order chi connectivity index (χ0) is 15.0. The average molecular weight is 288 g/mol. The molecule has 0 aliphatic carbocycles. The molecule has 0 N–H and O–H groups in total. The van der Waals surface area contributed by atoms with Crippen LogP contribution < -0.4 is 0 Å². The van der Waals surface area contributed by atoms with E-state index < -0.39 is 11.6 Å². The maximum Gasteiger partial charge on any atom is 0.268 e. The highest BCUT2D eigenvalue weighted by Gasteiger charge is 2.32. The Balaban J connectivity index is 2.00. The van der Waals surface area contributed by atoms with E-state index in [0.29, 0.717) is 32.5 Å². The summed E-state index contributed by atoms with van der Waals surface area (Å²) in [4.78, 5) is 3.92. The zero-order valence-electron chi connectivity index (χ0n) is 12.4. The highest BCUT2D eigenvalue weighted by Crippen LogP contribution is 2.29. The molecule has 2 aliphatic rings. The quantitative estimate of drug-likeness (QED) is 0.787. The molecule has 2 heterocycles. The van der Waals surface area contributed by atoms with Gasteiger partial charge in [-0.15, -0.1) is 0 Å². The van der Waals surface area contributed by atoms with Crippen molar-refractivity contribution in [2.75, 3.05) is 33.2 Å². The van der Waals surface area contributed by atoms with Crippen molar-refractivity contribution in [3.8, 4) is 0 Å². The Hall–Kier alpha value is -0.970. The Bertz CT molecular complexity index is 411. The second kappa shape index (κ2) is 5.43. The van der Waals surface area contributed by atoms with E-state index in [2.05, 4.69) is 4.90 Å². The standard InChI is InChI=1S/C15H23F3N2/c1-14(16)4-6-20(7-5-14)10-12-8-13(15(2,17)18)11-19(3)9-12/h8-9H,4-7,10-11H2,1-3H3. The van der Waals surface area contributed by atoms with Gasteiger partial charge in [-0.3, -0.25) is 4.90 Å². The van der Waals surface area contributed by atoms with Gasteiger partial charge in [0.15, 0.2) is 0 Å². The molecule has 5 heteroatoms. The summed E-state index contributed by atoms with van der Waals surface area (Å²) < 4.78 is 40.6. The number of piperidine rings is 1. The van der Waals surface area contributed by atoms with Crippen LogP contribution in [0.25, 0.3) is 0 Å². The first-order valence-electron chi connectivity index (χ1n) is 7.07. The number of halogens is 3. The van der Waals surface area contributed by atoms with Crippen LogP contribution in [0.2, 0.25) is 0 Å². The van der Waals surface area contributed by atoms with Gasteiger partial charge in [0, 0.05) is 51.9 Å². The largest absolute Gasteiger partial charge is 0.376 e. The number of hydrogen-bond donors (Lipinski definition) is 0. The minimum Gasteiger partial charge on any atom is -0.376 e. The molecule has 2 aliphatic heterocycles. The van der Waals surface area contributed by atoms with Gasteiger partial charge in [-0.2, -0.15) is 0 Å². The predicted octanol–water partition coefficient (Wildman–Crippen LogP) is 3.22. The van der Waals surface area contributed by atoms with Crippen LogP contribution in [-0.4, -0.2) is 54.6 Å². The normalized spacial score (nSPS) is 24.4. The molecule has 0 spiro atoms. The molecule has 0 saturated carbocycles. The maximum absolute atomic E-state index is 13.7. The van der Waals surface area contributed by atoms with Crippen molar-refractivity contribution in [2.45, 2.75) is 38.3 Å². The van der Waals surface area contributed by atoms with Crippen molar-refractivity contribution < 1.29 is 13.2 Å². The van der Waals surface area contributed by atoms with E-state index in [-0.39, 0.29) is 12.1 Å². The van der Waals surface area contributed by atoms with E-state index >= 15 is 0 Å². The van der Waals surface area contributed by atoms with Gasteiger partial charge in [0.1, 0.15) is 5.67 Å². The lowest BCUT2D eigenvalue weighted by Crippen LogP contribution is -2.41. The molecule has 0 aromatic carbocycles. The van der Waals surface area contributed by atoms with E-state index in [1.807, 2.05) is 6.20 Å². The van der Waals surface area contributed by atoms with E-state index in [9.17, 15) is 13.2 Å². The van der Waals surface area contributed by atoms with E-state index in [4.69, 9.17) is 0 Å². The lowest BCUT2D eigenvalue weighted by molar-refractivity contribution is 0.0563. The summed E-state index contributed by atoms with van der Waals surface area (Å²) in [5.74, 6) is -2.78. The molecule has 2 nitrogen and oxygen atoms in total. The van der Waals surface area contributed by atoms with Crippen molar-refractivity contribution in [3.05, 3.63) is 23.4 Å². The highest BCUT2D eigenvalue weighted by molar-refractivity contribution is 5.32. The van der Waals surface area contributed by atoms with E-state index in [0.717, 1.165) is 12.5 Å². The molecule has 0 unspecified atom stereocenters. The SMILES string of the molecule is CN1C=C(CN2CCC(C)(F)CC2)C=C(C(C)(F)F)C1. The number of alkyl halides is 3. The minimum absolute atomic E-state index is 0.143. The van der Waals surface area contributed by atoms with Crippen LogP contribution in [0.1, 0.15) is 26.7 Å². The Morgan fingerprint density at radius 2 is 1.90 bits per heavy atom. The maximum atomic E-state index is 13.7. The van der Waals surface area contributed by atoms with Crippen LogP contribution in [0.15, 0.2) is 23.4 Å². The van der Waals surface area contributed by atoms with Gasteiger partial charge in [0.25, 0.3) is 5.92 Å². The molecule has 1 saturated heterocycles. The lowest BCUT2D eigenvalue weighted by Gasteiger charge is -2.35. The van der Waals surface area contributed by atoms with Gasteiger partial charge >= 0.3 is 0 Å². The fourth-order valence-corrected chi connectivity index (χ4v) is 2.69. The molecule has 0 aromatic rings. The molecule has 0 bridgehead atoms. The number of likely N-dealkylation sites (N-methyl/N-ethyl adjacent to an activating group) is 1. The van der Waals surface area contributed by atoms with Crippen LogP contribution in [0.4, 0.5) is 13.2 Å². The summed E-state index contributed by atoms with van der Waals surface area (Å²) >= 11 is 0. The van der Waals surface area contributed by atoms with Crippen LogP contribution in [-0.2, 0) is 0 Å². The Kier molecular flexibility index (Phi) is 4.19. The van der Waals surface area contributed by atoms with E-state index in [1.54, 1.807) is 24.9 Å². The monoisotopic (exact) mass is 288 g/mol. The molecule has 0 radical (unpaired) electrons. The topological polar surface area (TPSA) is 6.48 Å². The molecule has 0 amide bonds. The van der Waals surface area contributed by atoms with Crippen LogP contribution in [0, 0.1) is 0 Å². The predicted molar refractivity (Wildman–Crippen MR) is 74.6 cm³/mol. The summed E-state index contributed by atoms with van der Waals surface area (Å²) in [5, 5.41) is 0. The highest BCUT2D eigenvalue weighted by atomic mass is 19.3. The van der Waals surface area contributed by atoms with Crippen LogP contribution in [0.3, 0.4) is 0 Å². The van der Waals surface area contributed by atoms with Crippen molar-refractivity contribution in [3.63, 3.8) is 0 Å². The van der Waals surface area contributed by atoms with Crippen molar-refractivity contribution in [2.24, 2.45) is 0 Å². The smallest absolute Gasteiger partial charge is 0.268 e. The Morgan fingerprint density at radius 3 is 2.45 bits per heavy atom. The third-order valence-corrected chi connectivity index (χ3v) is 4.03. The molecule has 20 heavy (non-hydrogen) atoms. The fourth-order valence-electron chi connectivity index (χ4n) is 2.69. The molecule has 114 valence electrons. The first kappa shape index (κ1) is 15.4. The van der Waals surface area contributed by atoms with Crippen LogP contribution >= 0.6 is 0 Å². The summed E-state index contributed by atoms with van der Waals surface area (Å²) in [7, 11) is 1.80. The molecule has 0 aromatic heterocycles. The molecular weight excluding hydrogens is 265 g/mol. The lowest BCUT2D eigenvalue weighted by atomic mass is 9.95. The minimum atomic E-state index is -2.78. The molecule has 0 atom stereocenters. The van der Waals surface area contributed by atoms with Gasteiger partial charge in [-0.25, -0.2) is 13.2 Å². The third-order valence-electron chi connectivity index (χ3n) is 4.03. The van der Waals surface area contributed by atoms with Crippen molar-refractivity contribution in [1.29, 1.82) is 0 Å². The average Bonchev–Trinajstić information content (AvgIpc) is 2.30. The van der Waals surface area contributed by atoms with Gasteiger partial charge in [0.2, 0.25) is 0 Å². The third kappa shape index (κ3) is 4.01. The number of hydrogen-bond acceptors (Lipinski definition) is 2. The van der Waals surface area contributed by atoms with Gasteiger partial charge in [0.05, 0.1) is 0 Å². The van der Waals surface area contributed by atoms with Crippen molar-refractivity contribution in [1.82, 2.24) is 9.80 Å². The van der Waals surface area contributed by atoms with Gasteiger partial charge < -0.3 is 4.90 Å². The summed E-state index contributed by atoms with van der Waals surface area (Å²) in [6.45, 7) is 4.80. The van der Waals surface area contributed by atoms with Gasteiger partial charge in [-0.05, 0) is 31.4 Å². The second-order valence-corrected chi connectivity index (χ2v) is 6.37. The zero-order valence-corrected chi connectivity index (χ0v) is 12.4. The molecular formula is C15H23F3N2. The first-order valence-corrected chi connectivity index (χ1v) is 7.07. The summed E-state index contributed by atoms with van der Waals surface area (Å²) in [5.41, 5.74) is -0.0614. The molecule has 2 rings (SSSR count). The van der Waals surface area contributed by atoms with Gasteiger partial charge in [-0.1, -0.05) is 0 Å². The van der Waals surface area contributed by atoms with Crippen molar-refractivity contribution >= 4 is 0 Å². The number of nitrogens with zero attached hydrogens (tertiary/aromatic N) is 2. The van der Waals surface area contributed by atoms with Crippen LogP contribution in [0.5, 0.6) is 0 Å². The van der Waals surface area contributed by atoms with E-state index in [1.165, 1.54) is 0 Å². The summed E-state index contributed by atoms with van der Waals surface area (Å²) in [6.07, 6.45) is 4.52. The first-order chi connectivity index (χ1) is 9.16. The molecule has 1 fully saturated rings.